The van der Waals surface area contributed by atoms with E-state index in [2.05, 4.69) is 22.9 Å². The van der Waals surface area contributed by atoms with Crippen LogP contribution in [0, 0.1) is 12.8 Å². The molecule has 0 spiro atoms. The lowest BCUT2D eigenvalue weighted by atomic mass is 9.95. The van der Waals surface area contributed by atoms with Crippen LogP contribution in [0.2, 0.25) is 0 Å². The molecule has 1 saturated heterocycles. The number of aryl methyl sites for hydroxylation is 1. The maximum Gasteiger partial charge on any atom is 0.243 e. The van der Waals surface area contributed by atoms with E-state index in [1.807, 2.05) is 6.92 Å². The van der Waals surface area contributed by atoms with Crippen molar-refractivity contribution in [3.05, 3.63) is 22.2 Å². The Kier molecular flexibility index (Phi) is 4.47. The van der Waals surface area contributed by atoms with E-state index in [0.717, 1.165) is 22.9 Å². The monoisotopic (exact) mass is 360 g/mol. The molecule has 0 radical (unpaired) electrons. The molecular formula is C14H21BrN2O2S. The summed E-state index contributed by atoms with van der Waals surface area (Å²) in [5.41, 5.74) is 7.01. The molecule has 2 unspecified atom stereocenters. The number of sulfonamides is 1. The van der Waals surface area contributed by atoms with E-state index in [9.17, 15) is 8.42 Å². The fourth-order valence-corrected chi connectivity index (χ4v) is 5.17. The lowest BCUT2D eigenvalue weighted by molar-refractivity contribution is 0.220. The van der Waals surface area contributed by atoms with Crippen molar-refractivity contribution < 1.29 is 8.42 Å². The van der Waals surface area contributed by atoms with Crippen molar-refractivity contribution >= 4 is 31.6 Å². The molecule has 6 heteroatoms. The molecule has 1 aromatic rings. The van der Waals surface area contributed by atoms with Gasteiger partial charge in [-0.2, -0.15) is 4.31 Å². The summed E-state index contributed by atoms with van der Waals surface area (Å²) in [4.78, 5) is 0.319. The largest absolute Gasteiger partial charge is 0.398 e. The molecule has 20 heavy (non-hydrogen) atoms. The molecule has 2 rings (SSSR count). The van der Waals surface area contributed by atoms with E-state index in [1.54, 1.807) is 23.4 Å². The number of nitrogens with two attached hydrogens (primary N) is 1. The van der Waals surface area contributed by atoms with Crippen LogP contribution in [0.1, 0.15) is 32.3 Å². The fourth-order valence-electron chi connectivity index (χ4n) is 2.82. The number of piperidine rings is 1. The fraction of sp³-hybridized carbons (Fsp3) is 0.571. The smallest absolute Gasteiger partial charge is 0.243 e. The molecule has 0 aliphatic carbocycles. The zero-order valence-electron chi connectivity index (χ0n) is 12.1. The molecule has 0 aromatic heterocycles. The molecule has 1 fully saturated rings. The predicted molar refractivity (Wildman–Crippen MR) is 85.0 cm³/mol. The minimum absolute atomic E-state index is 0.0352. The highest BCUT2D eigenvalue weighted by Gasteiger charge is 2.34. The number of anilines is 1. The van der Waals surface area contributed by atoms with Crippen molar-refractivity contribution in [2.24, 2.45) is 5.92 Å². The third-order valence-corrected chi connectivity index (χ3v) is 6.80. The summed E-state index contributed by atoms with van der Waals surface area (Å²) in [5.74, 6) is 0.576. The highest BCUT2D eigenvalue weighted by molar-refractivity contribution is 9.10. The second kappa shape index (κ2) is 5.66. The Balaban J connectivity index is 2.43. The maximum absolute atomic E-state index is 12.8. The third-order valence-electron chi connectivity index (χ3n) is 3.96. The van der Waals surface area contributed by atoms with Gasteiger partial charge < -0.3 is 5.73 Å². The van der Waals surface area contributed by atoms with Crippen LogP contribution in [-0.2, 0) is 10.0 Å². The second-order valence-electron chi connectivity index (χ2n) is 5.73. The van der Waals surface area contributed by atoms with Gasteiger partial charge in [-0.3, -0.25) is 0 Å². The van der Waals surface area contributed by atoms with Crippen molar-refractivity contribution in [3.63, 3.8) is 0 Å². The van der Waals surface area contributed by atoms with Crippen molar-refractivity contribution in [1.29, 1.82) is 0 Å². The number of nitrogen functional groups attached to an aromatic ring is 1. The first-order valence-electron chi connectivity index (χ1n) is 6.81. The number of halogens is 1. The molecule has 2 atom stereocenters. The van der Waals surface area contributed by atoms with Gasteiger partial charge in [0.05, 0.1) is 4.90 Å². The lowest BCUT2D eigenvalue weighted by Crippen LogP contribution is -2.44. The number of nitrogens with zero attached hydrogens (tertiary/aromatic N) is 1. The average molecular weight is 361 g/mol. The van der Waals surface area contributed by atoms with Crippen LogP contribution in [0.25, 0.3) is 0 Å². The normalized spacial score (nSPS) is 24.8. The van der Waals surface area contributed by atoms with E-state index in [0.29, 0.717) is 23.0 Å². The van der Waals surface area contributed by atoms with Gasteiger partial charge in [0.1, 0.15) is 0 Å². The molecule has 4 nitrogen and oxygen atoms in total. The number of hydrogen-bond acceptors (Lipinski definition) is 3. The number of benzene rings is 1. The van der Waals surface area contributed by atoms with Gasteiger partial charge in [0.25, 0.3) is 0 Å². The molecule has 1 heterocycles. The van der Waals surface area contributed by atoms with Gasteiger partial charge in [-0.15, -0.1) is 0 Å². The maximum atomic E-state index is 12.8. The molecule has 2 N–H and O–H groups in total. The molecule has 0 saturated carbocycles. The van der Waals surface area contributed by atoms with Crippen molar-refractivity contribution in [1.82, 2.24) is 4.31 Å². The Hall–Kier alpha value is -0.590. The minimum Gasteiger partial charge on any atom is -0.398 e. The van der Waals surface area contributed by atoms with Gasteiger partial charge in [-0.05, 0) is 66.2 Å². The topological polar surface area (TPSA) is 63.4 Å². The zero-order chi connectivity index (χ0) is 15.1. The quantitative estimate of drug-likeness (QED) is 0.823. The summed E-state index contributed by atoms with van der Waals surface area (Å²) in [5, 5.41) is 0. The Morgan fingerprint density at radius 3 is 2.60 bits per heavy atom. The van der Waals surface area contributed by atoms with Gasteiger partial charge in [-0.1, -0.05) is 6.92 Å². The molecular weight excluding hydrogens is 340 g/mol. The second-order valence-corrected chi connectivity index (χ2v) is 8.45. The first-order valence-corrected chi connectivity index (χ1v) is 9.04. The standard InChI is InChI=1S/C14H21BrN2O2S/c1-9-4-5-17(11(3)6-9)20(18,19)14-8-13(16)12(15)7-10(14)2/h7-9,11H,4-6,16H2,1-3H3. The molecule has 1 aromatic carbocycles. The van der Waals surface area contributed by atoms with Gasteiger partial charge >= 0.3 is 0 Å². The molecule has 0 bridgehead atoms. The molecule has 0 amide bonds. The molecule has 112 valence electrons. The summed E-state index contributed by atoms with van der Waals surface area (Å²) >= 11 is 3.33. The van der Waals surface area contributed by atoms with Crippen molar-refractivity contribution in [3.8, 4) is 0 Å². The van der Waals surface area contributed by atoms with E-state index < -0.39 is 10.0 Å². The lowest BCUT2D eigenvalue weighted by Gasteiger charge is -2.35. The molecule has 1 aliphatic rings. The van der Waals surface area contributed by atoms with Crippen LogP contribution in [0.5, 0.6) is 0 Å². The summed E-state index contributed by atoms with van der Waals surface area (Å²) in [6.45, 7) is 6.53. The Morgan fingerprint density at radius 2 is 2.00 bits per heavy atom. The average Bonchev–Trinajstić information content (AvgIpc) is 2.33. The van der Waals surface area contributed by atoms with Crippen molar-refractivity contribution in [2.45, 2.75) is 44.6 Å². The van der Waals surface area contributed by atoms with Crippen LogP contribution in [-0.4, -0.2) is 25.3 Å². The predicted octanol–water partition coefficient (Wildman–Crippen LogP) is 3.15. The highest BCUT2D eigenvalue weighted by Crippen LogP contribution is 2.32. The summed E-state index contributed by atoms with van der Waals surface area (Å²) in [7, 11) is -3.47. The number of hydrogen-bond donors (Lipinski definition) is 1. The summed E-state index contributed by atoms with van der Waals surface area (Å²) in [6, 6.07) is 3.35. The van der Waals surface area contributed by atoms with Gasteiger partial charge in [-0.25, -0.2) is 8.42 Å². The van der Waals surface area contributed by atoms with Crippen molar-refractivity contribution in [2.75, 3.05) is 12.3 Å². The first kappa shape index (κ1) is 15.8. The van der Waals surface area contributed by atoms with E-state index >= 15 is 0 Å². The van der Waals surface area contributed by atoms with Crippen LogP contribution < -0.4 is 5.73 Å². The SMILES string of the molecule is Cc1cc(Br)c(N)cc1S(=O)(=O)N1CCC(C)CC1C. The van der Waals surface area contributed by atoms with Crippen LogP contribution in [0.3, 0.4) is 0 Å². The summed E-state index contributed by atoms with van der Waals surface area (Å²) in [6.07, 6.45) is 1.82. The minimum atomic E-state index is -3.47. The Bertz CT molecular complexity index is 616. The van der Waals surface area contributed by atoms with Crippen LogP contribution in [0.15, 0.2) is 21.5 Å². The summed E-state index contributed by atoms with van der Waals surface area (Å²) < 4.78 is 28.0. The Morgan fingerprint density at radius 1 is 1.35 bits per heavy atom. The third kappa shape index (κ3) is 2.87. The first-order chi connectivity index (χ1) is 9.23. The Labute approximate surface area is 129 Å². The van der Waals surface area contributed by atoms with Crippen LogP contribution >= 0.6 is 15.9 Å². The van der Waals surface area contributed by atoms with Crippen LogP contribution in [0.4, 0.5) is 5.69 Å². The highest BCUT2D eigenvalue weighted by atomic mass is 79.9. The zero-order valence-corrected chi connectivity index (χ0v) is 14.5. The van der Waals surface area contributed by atoms with E-state index in [-0.39, 0.29) is 6.04 Å². The van der Waals surface area contributed by atoms with Gasteiger partial charge in [0, 0.05) is 22.7 Å². The molecule has 1 aliphatic heterocycles. The van der Waals surface area contributed by atoms with E-state index in [1.165, 1.54) is 0 Å². The van der Waals surface area contributed by atoms with Gasteiger partial charge in [0.15, 0.2) is 0 Å². The number of rotatable bonds is 2. The van der Waals surface area contributed by atoms with E-state index in [4.69, 9.17) is 5.73 Å². The van der Waals surface area contributed by atoms with Gasteiger partial charge in [0.2, 0.25) is 10.0 Å².